The summed E-state index contributed by atoms with van der Waals surface area (Å²) in [4.78, 5) is 4.51. The van der Waals surface area contributed by atoms with Crippen molar-refractivity contribution in [1.82, 2.24) is 4.98 Å². The van der Waals surface area contributed by atoms with Gasteiger partial charge in [-0.05, 0) is 35.4 Å². The lowest BCUT2D eigenvalue weighted by molar-refractivity contribution is 0.918. The molecule has 1 aromatic heterocycles. The molecule has 2 nitrogen and oxygen atoms in total. The number of nitrogens with zero attached hydrogens (tertiary/aromatic N) is 2. The minimum Gasteiger partial charge on any atom is -0.260 e. The van der Waals surface area contributed by atoms with Crippen LogP contribution in [0.4, 0.5) is 0 Å². The summed E-state index contributed by atoms with van der Waals surface area (Å²) in [5.74, 6) is 0.0835. The van der Waals surface area contributed by atoms with Gasteiger partial charge in [0.05, 0.1) is 23.2 Å². The van der Waals surface area contributed by atoms with E-state index in [0.29, 0.717) is 5.56 Å². The molecule has 0 aliphatic heterocycles. The van der Waals surface area contributed by atoms with Crippen LogP contribution >= 0.6 is 0 Å². The fraction of sp³-hybridized carbons (Fsp3) is 0.0526. The predicted octanol–water partition coefficient (Wildman–Crippen LogP) is 4.13. The Morgan fingerprint density at radius 1 is 0.762 bits per heavy atom. The molecule has 0 saturated heterocycles. The number of benzene rings is 2. The Kier molecular flexibility index (Phi) is 3.75. The minimum absolute atomic E-state index is 0.0835. The first-order chi connectivity index (χ1) is 10.4. The quantitative estimate of drug-likeness (QED) is 0.717. The highest BCUT2D eigenvalue weighted by atomic mass is 14.7. The summed E-state index contributed by atoms with van der Waals surface area (Å²) in [5, 5.41) is 8.94. The zero-order chi connectivity index (χ0) is 14.5. The van der Waals surface area contributed by atoms with Gasteiger partial charge in [0.15, 0.2) is 0 Å². The van der Waals surface area contributed by atoms with E-state index in [1.54, 1.807) is 0 Å². The van der Waals surface area contributed by atoms with Crippen molar-refractivity contribution in [2.45, 2.75) is 5.92 Å². The second kappa shape index (κ2) is 6.02. The molecule has 0 amide bonds. The van der Waals surface area contributed by atoms with Gasteiger partial charge in [-0.2, -0.15) is 5.26 Å². The van der Waals surface area contributed by atoms with Crippen molar-refractivity contribution in [2.75, 3.05) is 0 Å². The molecule has 1 heterocycles. The lowest BCUT2D eigenvalue weighted by atomic mass is 9.88. The van der Waals surface area contributed by atoms with E-state index < -0.39 is 0 Å². The second-order valence-corrected chi connectivity index (χ2v) is 4.83. The van der Waals surface area contributed by atoms with E-state index in [2.05, 4.69) is 23.2 Å². The van der Waals surface area contributed by atoms with Gasteiger partial charge in [-0.15, -0.1) is 0 Å². The van der Waals surface area contributed by atoms with Crippen molar-refractivity contribution in [3.05, 3.63) is 101 Å². The fourth-order valence-corrected chi connectivity index (χ4v) is 2.48. The summed E-state index contributed by atoms with van der Waals surface area (Å²) >= 11 is 0. The minimum atomic E-state index is 0.0835. The lowest BCUT2D eigenvalue weighted by Crippen LogP contribution is -2.05. The summed E-state index contributed by atoms with van der Waals surface area (Å²) < 4.78 is 0. The van der Waals surface area contributed by atoms with Crippen LogP contribution in [0, 0.1) is 11.3 Å². The molecule has 0 spiro atoms. The highest BCUT2D eigenvalue weighted by molar-refractivity contribution is 5.42. The van der Waals surface area contributed by atoms with Crippen LogP contribution < -0.4 is 0 Å². The summed E-state index contributed by atoms with van der Waals surface area (Å²) in [7, 11) is 0. The van der Waals surface area contributed by atoms with Crippen molar-refractivity contribution in [2.24, 2.45) is 0 Å². The molecule has 3 aromatic rings. The van der Waals surface area contributed by atoms with Crippen LogP contribution in [-0.2, 0) is 0 Å². The number of pyridine rings is 1. The second-order valence-electron chi connectivity index (χ2n) is 4.83. The lowest BCUT2D eigenvalue weighted by Gasteiger charge is -2.17. The summed E-state index contributed by atoms with van der Waals surface area (Å²) in [5.41, 5.74) is 4.01. The maximum atomic E-state index is 8.94. The Morgan fingerprint density at radius 3 is 2.05 bits per heavy atom. The van der Waals surface area contributed by atoms with Crippen LogP contribution in [0.2, 0.25) is 0 Å². The third kappa shape index (κ3) is 2.82. The van der Waals surface area contributed by atoms with Crippen LogP contribution in [0.25, 0.3) is 0 Å². The summed E-state index contributed by atoms with van der Waals surface area (Å²) in [6.07, 6.45) is 1.81. The molecule has 0 saturated carbocycles. The van der Waals surface area contributed by atoms with Gasteiger partial charge in [0.25, 0.3) is 0 Å². The molecule has 1 atom stereocenters. The summed E-state index contributed by atoms with van der Waals surface area (Å²) in [6, 6.07) is 26.1. The maximum Gasteiger partial charge on any atom is 0.0991 e. The zero-order valence-electron chi connectivity index (χ0n) is 11.5. The number of rotatable bonds is 3. The summed E-state index contributed by atoms with van der Waals surface area (Å²) in [6.45, 7) is 0. The molecule has 0 N–H and O–H groups in total. The highest BCUT2D eigenvalue weighted by Gasteiger charge is 2.17. The van der Waals surface area contributed by atoms with Gasteiger partial charge >= 0.3 is 0 Å². The van der Waals surface area contributed by atoms with E-state index in [9.17, 15) is 0 Å². The van der Waals surface area contributed by atoms with Gasteiger partial charge in [0, 0.05) is 6.20 Å². The Morgan fingerprint density at radius 2 is 1.43 bits per heavy atom. The molecular weight excluding hydrogens is 256 g/mol. The van der Waals surface area contributed by atoms with Gasteiger partial charge < -0.3 is 0 Å². The SMILES string of the molecule is N#Cc1ccc(C(c2ccccc2)c2ccccn2)cc1. The monoisotopic (exact) mass is 270 g/mol. The number of aromatic nitrogens is 1. The van der Waals surface area contributed by atoms with Gasteiger partial charge in [0.2, 0.25) is 0 Å². The normalized spacial score (nSPS) is 11.6. The van der Waals surface area contributed by atoms with E-state index in [1.807, 2.05) is 66.9 Å². The van der Waals surface area contributed by atoms with E-state index in [4.69, 9.17) is 5.26 Å². The average molecular weight is 270 g/mol. The molecule has 2 heteroatoms. The molecule has 2 aromatic carbocycles. The van der Waals surface area contributed by atoms with Crippen LogP contribution in [-0.4, -0.2) is 4.98 Å². The van der Waals surface area contributed by atoms with Crippen molar-refractivity contribution >= 4 is 0 Å². The first-order valence-electron chi connectivity index (χ1n) is 6.84. The largest absolute Gasteiger partial charge is 0.260 e. The Hall–Kier alpha value is -2.92. The molecule has 3 rings (SSSR count). The first kappa shape index (κ1) is 13.1. The number of nitriles is 1. The van der Waals surface area contributed by atoms with Crippen LogP contribution in [0.3, 0.4) is 0 Å². The average Bonchev–Trinajstić information content (AvgIpc) is 2.58. The van der Waals surface area contributed by atoms with Gasteiger partial charge in [-0.3, -0.25) is 4.98 Å². The smallest absolute Gasteiger partial charge is 0.0991 e. The predicted molar refractivity (Wildman–Crippen MR) is 82.8 cm³/mol. The van der Waals surface area contributed by atoms with E-state index in [0.717, 1.165) is 11.3 Å². The van der Waals surface area contributed by atoms with Crippen LogP contribution in [0.15, 0.2) is 79.0 Å². The molecule has 0 aliphatic carbocycles. The van der Waals surface area contributed by atoms with Crippen LogP contribution in [0.5, 0.6) is 0 Å². The third-order valence-electron chi connectivity index (χ3n) is 3.49. The van der Waals surface area contributed by atoms with E-state index in [1.165, 1.54) is 5.56 Å². The van der Waals surface area contributed by atoms with Crippen molar-refractivity contribution in [1.29, 1.82) is 5.26 Å². The fourth-order valence-electron chi connectivity index (χ4n) is 2.48. The Labute approximate surface area is 124 Å². The Bertz CT molecular complexity index is 702. The standard InChI is InChI=1S/C19H14N2/c20-14-15-9-11-17(12-10-15)19(16-6-2-1-3-7-16)18-8-4-5-13-21-18/h1-13,19H. The number of hydrogen-bond donors (Lipinski definition) is 0. The van der Waals surface area contributed by atoms with Crippen molar-refractivity contribution in [3.63, 3.8) is 0 Å². The topological polar surface area (TPSA) is 36.7 Å². The van der Waals surface area contributed by atoms with E-state index >= 15 is 0 Å². The van der Waals surface area contributed by atoms with Crippen LogP contribution in [0.1, 0.15) is 28.3 Å². The molecule has 0 fully saturated rings. The van der Waals surface area contributed by atoms with Crippen molar-refractivity contribution in [3.8, 4) is 6.07 Å². The molecule has 0 bridgehead atoms. The first-order valence-corrected chi connectivity index (χ1v) is 6.84. The molecule has 21 heavy (non-hydrogen) atoms. The van der Waals surface area contributed by atoms with Gasteiger partial charge in [-0.1, -0.05) is 48.5 Å². The molecular formula is C19H14N2. The molecule has 0 aliphatic rings. The van der Waals surface area contributed by atoms with E-state index in [-0.39, 0.29) is 5.92 Å². The number of hydrogen-bond acceptors (Lipinski definition) is 2. The third-order valence-corrected chi connectivity index (χ3v) is 3.49. The molecule has 1 unspecified atom stereocenters. The van der Waals surface area contributed by atoms with Gasteiger partial charge in [-0.25, -0.2) is 0 Å². The maximum absolute atomic E-state index is 8.94. The highest BCUT2D eigenvalue weighted by Crippen LogP contribution is 2.30. The van der Waals surface area contributed by atoms with Crippen molar-refractivity contribution < 1.29 is 0 Å². The van der Waals surface area contributed by atoms with Gasteiger partial charge in [0.1, 0.15) is 0 Å². The molecule has 0 radical (unpaired) electrons. The molecule has 100 valence electrons. The Balaban J connectivity index is 2.10. The zero-order valence-corrected chi connectivity index (χ0v) is 11.5.